The maximum absolute atomic E-state index is 13.1. The molecule has 114 valence electrons. The van der Waals surface area contributed by atoms with Gasteiger partial charge in [-0.3, -0.25) is 4.79 Å². The highest BCUT2D eigenvalue weighted by Crippen LogP contribution is 2.49. The normalized spacial score (nSPS) is 18.1. The van der Waals surface area contributed by atoms with Gasteiger partial charge in [0.1, 0.15) is 17.0 Å². The van der Waals surface area contributed by atoms with Gasteiger partial charge < -0.3 is 15.2 Å². The fraction of sp³-hybridized carbons (Fsp3) is 0.200. The number of halogens is 1. The molecule has 0 spiro atoms. The summed E-state index contributed by atoms with van der Waals surface area (Å²) in [6, 6.07) is 7.93. The van der Waals surface area contributed by atoms with E-state index in [2.05, 4.69) is 5.16 Å². The van der Waals surface area contributed by atoms with Gasteiger partial charge in [0.25, 0.3) is 5.91 Å². The Morgan fingerprint density at radius 2 is 2.05 bits per heavy atom. The van der Waals surface area contributed by atoms with Crippen molar-refractivity contribution in [3.05, 3.63) is 58.1 Å². The minimum atomic E-state index is -0.489. The number of carbonyl (C=O) groups is 1. The van der Waals surface area contributed by atoms with Crippen LogP contribution in [0.4, 0.5) is 10.2 Å². The van der Waals surface area contributed by atoms with Crippen molar-refractivity contribution < 1.29 is 13.7 Å². The quantitative estimate of drug-likeness (QED) is 0.941. The molecule has 1 aromatic heterocycles. The van der Waals surface area contributed by atoms with Crippen LogP contribution in [0.15, 0.2) is 45.5 Å². The van der Waals surface area contributed by atoms with E-state index in [1.165, 1.54) is 23.9 Å². The summed E-state index contributed by atoms with van der Waals surface area (Å²) in [5.41, 5.74) is 7.01. The van der Waals surface area contributed by atoms with Crippen LogP contribution in [-0.4, -0.2) is 11.1 Å². The van der Waals surface area contributed by atoms with Crippen molar-refractivity contribution in [3.63, 3.8) is 0 Å². The third kappa shape index (κ3) is 2.48. The van der Waals surface area contributed by atoms with E-state index in [1.807, 2.05) is 4.90 Å². The van der Waals surface area contributed by atoms with Gasteiger partial charge >= 0.3 is 0 Å². The maximum atomic E-state index is 13.1. The van der Waals surface area contributed by atoms with Gasteiger partial charge in [0.15, 0.2) is 5.82 Å². The molecule has 1 aliphatic rings. The number of hydrogen-bond acceptors (Lipinski definition) is 5. The van der Waals surface area contributed by atoms with E-state index in [9.17, 15) is 9.18 Å². The first kappa shape index (κ1) is 14.6. The van der Waals surface area contributed by atoms with Crippen molar-refractivity contribution in [3.8, 4) is 0 Å². The van der Waals surface area contributed by atoms with E-state index in [4.69, 9.17) is 10.3 Å². The molecule has 1 aliphatic heterocycles. The number of carbonyl (C=O) groups excluding carboxylic acids is 1. The van der Waals surface area contributed by atoms with Crippen LogP contribution >= 0.6 is 11.8 Å². The number of benzene rings is 1. The van der Waals surface area contributed by atoms with Crippen LogP contribution in [0.25, 0.3) is 0 Å². The van der Waals surface area contributed by atoms with Crippen molar-refractivity contribution in [1.29, 1.82) is 0 Å². The second-order valence-electron chi connectivity index (χ2n) is 4.97. The largest absolute Gasteiger partial charge is 0.365 e. The van der Waals surface area contributed by atoms with E-state index in [-0.39, 0.29) is 11.2 Å². The van der Waals surface area contributed by atoms with E-state index in [1.54, 1.807) is 32.0 Å². The highest BCUT2D eigenvalue weighted by atomic mass is 32.2. The fourth-order valence-electron chi connectivity index (χ4n) is 2.37. The van der Waals surface area contributed by atoms with Gasteiger partial charge in [-0.25, -0.2) is 4.39 Å². The van der Waals surface area contributed by atoms with Gasteiger partial charge in [0.2, 0.25) is 0 Å². The number of nitrogens with two attached hydrogens (primary N) is 1. The molecule has 1 unspecified atom stereocenters. The number of rotatable bonds is 3. The van der Waals surface area contributed by atoms with Gasteiger partial charge in [-0.05, 0) is 31.5 Å². The van der Waals surface area contributed by atoms with Crippen LogP contribution in [0.1, 0.15) is 23.6 Å². The molecule has 0 saturated carbocycles. The number of amides is 1. The fourth-order valence-corrected chi connectivity index (χ4v) is 3.65. The molecule has 1 atom stereocenters. The third-order valence-corrected chi connectivity index (χ3v) is 4.83. The number of hydrogen-bond donors (Lipinski definition) is 1. The lowest BCUT2D eigenvalue weighted by atomic mass is 10.2. The number of anilines is 1. The smallest absolute Gasteiger partial charge is 0.256 e. The van der Waals surface area contributed by atoms with Crippen molar-refractivity contribution >= 4 is 23.5 Å². The molecule has 3 rings (SSSR count). The molecule has 0 aliphatic carbocycles. The summed E-state index contributed by atoms with van der Waals surface area (Å²) in [6.45, 7) is 3.60. The molecule has 22 heavy (non-hydrogen) atoms. The zero-order valence-corrected chi connectivity index (χ0v) is 12.9. The molecular weight excluding hydrogens is 305 g/mol. The van der Waals surface area contributed by atoms with Crippen molar-refractivity contribution in [2.45, 2.75) is 19.2 Å². The summed E-state index contributed by atoms with van der Waals surface area (Å²) >= 11 is 1.32. The second-order valence-corrected chi connectivity index (χ2v) is 6.06. The van der Waals surface area contributed by atoms with Crippen molar-refractivity contribution in [1.82, 2.24) is 5.16 Å². The first-order valence-electron chi connectivity index (χ1n) is 6.62. The molecule has 5 nitrogen and oxygen atoms in total. The summed E-state index contributed by atoms with van der Waals surface area (Å²) in [6.07, 6.45) is 0. The lowest BCUT2D eigenvalue weighted by Crippen LogP contribution is -2.21. The molecule has 2 N–H and O–H groups in total. The topological polar surface area (TPSA) is 72.4 Å². The van der Waals surface area contributed by atoms with Gasteiger partial charge in [0, 0.05) is 11.8 Å². The Bertz CT molecular complexity index is 754. The number of allylic oxidation sites excluding steroid dienone is 1. The SMILES string of the molecule is CC1=C(C(N)=O)SC(c2ccc(F)cc2)N1c1cc(C)on1. The maximum Gasteiger partial charge on any atom is 0.256 e. The van der Waals surface area contributed by atoms with Gasteiger partial charge in [-0.15, -0.1) is 0 Å². The Balaban J connectivity index is 2.06. The highest BCUT2D eigenvalue weighted by molar-refractivity contribution is 8.04. The van der Waals surface area contributed by atoms with Gasteiger partial charge in [0.05, 0.1) is 4.91 Å². The highest BCUT2D eigenvalue weighted by Gasteiger charge is 2.36. The van der Waals surface area contributed by atoms with E-state index in [0.717, 1.165) is 5.56 Å². The Labute approximate surface area is 130 Å². The van der Waals surface area contributed by atoms with E-state index in [0.29, 0.717) is 22.2 Å². The van der Waals surface area contributed by atoms with Crippen LogP contribution in [0.5, 0.6) is 0 Å². The summed E-state index contributed by atoms with van der Waals surface area (Å²) in [5, 5.41) is 3.77. The predicted octanol–water partition coefficient (Wildman–Crippen LogP) is 3.09. The lowest BCUT2D eigenvalue weighted by Gasteiger charge is -2.25. The summed E-state index contributed by atoms with van der Waals surface area (Å²) in [4.78, 5) is 14.0. The molecule has 0 radical (unpaired) electrons. The Hall–Kier alpha value is -2.28. The van der Waals surface area contributed by atoms with Crippen LogP contribution in [0.2, 0.25) is 0 Å². The van der Waals surface area contributed by atoms with Gasteiger partial charge in [-0.1, -0.05) is 29.1 Å². The minimum Gasteiger partial charge on any atom is -0.365 e. The van der Waals surface area contributed by atoms with Crippen LogP contribution in [0, 0.1) is 12.7 Å². The molecule has 7 heteroatoms. The van der Waals surface area contributed by atoms with E-state index < -0.39 is 5.91 Å². The van der Waals surface area contributed by atoms with Gasteiger partial charge in [-0.2, -0.15) is 0 Å². The minimum absolute atomic E-state index is 0.243. The molecule has 0 saturated heterocycles. The molecular formula is C15H14FN3O2S. The Morgan fingerprint density at radius 3 is 2.59 bits per heavy atom. The number of aryl methyl sites for hydroxylation is 1. The first-order valence-corrected chi connectivity index (χ1v) is 7.50. The molecule has 0 bridgehead atoms. The number of thioether (sulfide) groups is 1. The number of primary amides is 1. The summed E-state index contributed by atoms with van der Waals surface area (Å²) in [7, 11) is 0. The van der Waals surface area contributed by atoms with Crippen molar-refractivity contribution in [2.24, 2.45) is 5.73 Å². The number of aromatic nitrogens is 1. The zero-order valence-electron chi connectivity index (χ0n) is 12.0. The Kier molecular flexibility index (Phi) is 3.66. The predicted molar refractivity (Wildman–Crippen MR) is 82.3 cm³/mol. The standard InChI is InChI=1S/C15H14FN3O2S/c1-8-7-12(18-21-8)19-9(2)13(14(17)20)22-15(19)10-3-5-11(16)6-4-10/h3-7,15H,1-2H3,(H2,17,20). The second kappa shape index (κ2) is 5.49. The monoisotopic (exact) mass is 319 g/mol. The Morgan fingerprint density at radius 1 is 1.36 bits per heavy atom. The molecule has 2 heterocycles. The van der Waals surface area contributed by atoms with E-state index >= 15 is 0 Å². The van der Waals surface area contributed by atoms with Crippen LogP contribution < -0.4 is 10.6 Å². The van der Waals surface area contributed by atoms with Crippen molar-refractivity contribution in [2.75, 3.05) is 4.90 Å². The molecule has 1 aromatic carbocycles. The average molecular weight is 319 g/mol. The first-order chi connectivity index (χ1) is 10.5. The average Bonchev–Trinajstić information content (AvgIpc) is 3.03. The summed E-state index contributed by atoms with van der Waals surface area (Å²) < 4.78 is 18.3. The number of nitrogens with zero attached hydrogens (tertiary/aromatic N) is 2. The molecule has 0 fully saturated rings. The third-order valence-electron chi connectivity index (χ3n) is 3.40. The zero-order chi connectivity index (χ0) is 15.9. The molecule has 1 amide bonds. The van der Waals surface area contributed by atoms with Crippen LogP contribution in [-0.2, 0) is 4.79 Å². The molecule has 2 aromatic rings. The summed E-state index contributed by atoms with van der Waals surface area (Å²) in [5.74, 6) is 0.457. The lowest BCUT2D eigenvalue weighted by molar-refractivity contribution is -0.113. The van der Waals surface area contributed by atoms with Crippen LogP contribution in [0.3, 0.4) is 0 Å².